The fourth-order valence-corrected chi connectivity index (χ4v) is 2.94. The van der Waals surface area contributed by atoms with E-state index in [2.05, 4.69) is 10.6 Å². The van der Waals surface area contributed by atoms with Gasteiger partial charge >= 0.3 is 0 Å². The molecule has 1 saturated heterocycles. The van der Waals surface area contributed by atoms with E-state index < -0.39 is 0 Å². The van der Waals surface area contributed by atoms with Crippen LogP contribution < -0.4 is 20.1 Å². The highest BCUT2D eigenvalue weighted by atomic mass is 16.7. The zero-order valence-corrected chi connectivity index (χ0v) is 14.0. The molecule has 2 N–H and O–H groups in total. The van der Waals surface area contributed by atoms with Crippen LogP contribution in [-0.4, -0.2) is 31.8 Å². The average molecular weight is 354 g/mol. The zero-order valence-electron chi connectivity index (χ0n) is 14.0. The van der Waals surface area contributed by atoms with Gasteiger partial charge in [-0.1, -0.05) is 12.1 Å². The van der Waals surface area contributed by atoms with Crippen LogP contribution in [0.25, 0.3) is 0 Å². The fraction of sp³-hybridized carbons (Fsp3) is 0.263. The van der Waals surface area contributed by atoms with Gasteiger partial charge in [0.1, 0.15) is 0 Å². The quantitative estimate of drug-likeness (QED) is 0.882. The molecule has 26 heavy (non-hydrogen) atoms. The molecule has 0 spiro atoms. The van der Waals surface area contributed by atoms with Gasteiger partial charge in [0, 0.05) is 18.4 Å². The Hall–Kier alpha value is -3.06. The summed E-state index contributed by atoms with van der Waals surface area (Å²) in [4.78, 5) is 25.0. The van der Waals surface area contributed by atoms with Crippen LogP contribution in [0.15, 0.2) is 42.5 Å². The summed E-state index contributed by atoms with van der Waals surface area (Å²) in [6.45, 7) is 1.17. The van der Waals surface area contributed by atoms with Gasteiger partial charge in [-0.25, -0.2) is 0 Å². The maximum Gasteiger partial charge on any atom is 0.257 e. The number of rotatable bonds is 4. The zero-order chi connectivity index (χ0) is 17.9. The molecule has 7 nitrogen and oxygen atoms in total. The summed E-state index contributed by atoms with van der Waals surface area (Å²) >= 11 is 0. The number of carbonyl (C=O) groups excluding carboxylic acids is 2. The van der Waals surface area contributed by atoms with Gasteiger partial charge in [-0.2, -0.15) is 0 Å². The van der Waals surface area contributed by atoms with Crippen LogP contribution in [0.1, 0.15) is 16.8 Å². The van der Waals surface area contributed by atoms with Crippen molar-refractivity contribution in [1.82, 2.24) is 0 Å². The lowest BCUT2D eigenvalue weighted by Crippen LogP contribution is -2.24. The third-order valence-corrected chi connectivity index (χ3v) is 4.36. The van der Waals surface area contributed by atoms with Crippen molar-refractivity contribution < 1.29 is 23.8 Å². The van der Waals surface area contributed by atoms with Crippen molar-refractivity contribution in [1.29, 1.82) is 0 Å². The molecule has 0 aromatic heterocycles. The summed E-state index contributed by atoms with van der Waals surface area (Å²) in [6, 6.07) is 12.1. The molecule has 4 rings (SSSR count). The van der Waals surface area contributed by atoms with Crippen molar-refractivity contribution in [2.24, 2.45) is 5.92 Å². The summed E-state index contributed by atoms with van der Waals surface area (Å²) < 4.78 is 15.8. The van der Waals surface area contributed by atoms with Crippen LogP contribution in [0.5, 0.6) is 11.5 Å². The highest BCUT2D eigenvalue weighted by Crippen LogP contribution is 2.34. The third-order valence-electron chi connectivity index (χ3n) is 4.36. The number of hydrogen-bond donors (Lipinski definition) is 2. The normalized spacial score (nSPS) is 17.8. The molecular weight excluding hydrogens is 336 g/mol. The highest BCUT2D eigenvalue weighted by Gasteiger charge is 2.25. The van der Waals surface area contributed by atoms with Gasteiger partial charge in [0.15, 0.2) is 11.5 Å². The van der Waals surface area contributed by atoms with E-state index in [4.69, 9.17) is 14.2 Å². The molecular formula is C19H18N2O5. The van der Waals surface area contributed by atoms with Crippen LogP contribution in [0.4, 0.5) is 11.4 Å². The van der Waals surface area contributed by atoms with E-state index in [0.29, 0.717) is 48.1 Å². The predicted octanol–water partition coefficient (Wildman–Crippen LogP) is 2.64. The standard InChI is InChI=1S/C19H18N2O5/c22-18(12-7-8-24-10-12)21-15-4-2-1-3-14(15)19(23)20-13-5-6-16-17(9-13)26-11-25-16/h1-6,9,12H,7-8,10-11H2,(H,20,23)(H,21,22). The number of benzene rings is 2. The fourth-order valence-electron chi connectivity index (χ4n) is 2.94. The lowest BCUT2D eigenvalue weighted by atomic mass is 10.1. The Bertz CT molecular complexity index is 846. The molecule has 1 atom stereocenters. The molecule has 2 aromatic rings. The van der Waals surface area contributed by atoms with Gasteiger partial charge in [-0.05, 0) is 30.7 Å². The number of fused-ring (bicyclic) bond motifs is 1. The number of nitrogens with one attached hydrogen (secondary N) is 2. The van der Waals surface area contributed by atoms with Gasteiger partial charge in [0.2, 0.25) is 12.7 Å². The second-order valence-electron chi connectivity index (χ2n) is 6.12. The van der Waals surface area contributed by atoms with Crippen LogP contribution >= 0.6 is 0 Å². The Morgan fingerprint density at radius 3 is 2.69 bits per heavy atom. The number of amides is 2. The van der Waals surface area contributed by atoms with E-state index >= 15 is 0 Å². The minimum absolute atomic E-state index is 0.133. The van der Waals surface area contributed by atoms with Crippen molar-refractivity contribution in [2.75, 3.05) is 30.6 Å². The average Bonchev–Trinajstić information content (AvgIpc) is 3.33. The monoisotopic (exact) mass is 354 g/mol. The van der Waals surface area contributed by atoms with Crippen molar-refractivity contribution in [3.63, 3.8) is 0 Å². The minimum atomic E-state index is -0.317. The van der Waals surface area contributed by atoms with Crippen LogP contribution in [0.3, 0.4) is 0 Å². The molecule has 7 heteroatoms. The van der Waals surface area contributed by atoms with Crippen LogP contribution in [-0.2, 0) is 9.53 Å². The minimum Gasteiger partial charge on any atom is -0.454 e. The van der Waals surface area contributed by atoms with Crippen LogP contribution in [0.2, 0.25) is 0 Å². The molecule has 134 valence electrons. The highest BCUT2D eigenvalue weighted by molar-refractivity contribution is 6.10. The second-order valence-corrected chi connectivity index (χ2v) is 6.12. The van der Waals surface area contributed by atoms with Gasteiger partial charge in [0.05, 0.1) is 23.8 Å². The predicted molar refractivity (Wildman–Crippen MR) is 94.5 cm³/mol. The summed E-state index contributed by atoms with van der Waals surface area (Å²) in [5, 5.41) is 5.66. The van der Waals surface area contributed by atoms with Crippen LogP contribution in [0, 0.1) is 5.92 Å². The molecule has 1 fully saturated rings. The topological polar surface area (TPSA) is 85.9 Å². The van der Waals surface area contributed by atoms with Crippen molar-refractivity contribution in [3.05, 3.63) is 48.0 Å². The van der Waals surface area contributed by atoms with Gasteiger partial charge in [-0.3, -0.25) is 9.59 Å². The first-order valence-electron chi connectivity index (χ1n) is 8.39. The SMILES string of the molecule is O=C(Nc1ccc2c(c1)OCO2)c1ccccc1NC(=O)C1CCOC1. The first-order chi connectivity index (χ1) is 12.7. The Morgan fingerprint density at radius 2 is 1.85 bits per heavy atom. The van der Waals surface area contributed by atoms with E-state index in [1.54, 1.807) is 42.5 Å². The number of anilines is 2. The smallest absolute Gasteiger partial charge is 0.257 e. The third kappa shape index (κ3) is 3.34. The lowest BCUT2D eigenvalue weighted by molar-refractivity contribution is -0.119. The molecule has 2 aliphatic heterocycles. The molecule has 2 aromatic carbocycles. The molecule has 2 amide bonds. The molecule has 0 radical (unpaired) electrons. The Labute approximate surface area is 150 Å². The maximum absolute atomic E-state index is 12.7. The largest absolute Gasteiger partial charge is 0.454 e. The number of hydrogen-bond acceptors (Lipinski definition) is 5. The molecule has 0 aliphatic carbocycles. The van der Waals surface area contributed by atoms with E-state index in [1.165, 1.54) is 0 Å². The Kier molecular flexibility index (Phi) is 4.45. The Morgan fingerprint density at radius 1 is 1.00 bits per heavy atom. The number of ether oxygens (including phenoxy) is 3. The summed E-state index contributed by atoms with van der Waals surface area (Å²) in [6.07, 6.45) is 0.692. The van der Waals surface area contributed by atoms with E-state index in [9.17, 15) is 9.59 Å². The number of carbonyl (C=O) groups is 2. The summed E-state index contributed by atoms with van der Waals surface area (Å²) in [7, 11) is 0. The van der Waals surface area contributed by atoms with Crippen molar-refractivity contribution in [2.45, 2.75) is 6.42 Å². The van der Waals surface area contributed by atoms with E-state index in [0.717, 1.165) is 0 Å². The first-order valence-corrected chi connectivity index (χ1v) is 8.39. The van der Waals surface area contributed by atoms with Gasteiger partial charge < -0.3 is 24.8 Å². The van der Waals surface area contributed by atoms with Crippen molar-refractivity contribution >= 4 is 23.2 Å². The van der Waals surface area contributed by atoms with Crippen molar-refractivity contribution in [3.8, 4) is 11.5 Å². The summed E-state index contributed by atoms with van der Waals surface area (Å²) in [5.41, 5.74) is 1.45. The Balaban J connectivity index is 1.50. The van der Waals surface area contributed by atoms with E-state index in [-0.39, 0.29) is 24.5 Å². The second kappa shape index (κ2) is 7.05. The molecule has 0 bridgehead atoms. The number of para-hydroxylation sites is 1. The lowest BCUT2D eigenvalue weighted by Gasteiger charge is -2.13. The molecule has 2 heterocycles. The molecule has 0 saturated carbocycles. The molecule has 2 aliphatic rings. The van der Waals surface area contributed by atoms with E-state index in [1.807, 2.05) is 0 Å². The first kappa shape index (κ1) is 16.4. The van der Waals surface area contributed by atoms with Gasteiger partial charge in [-0.15, -0.1) is 0 Å². The summed E-state index contributed by atoms with van der Waals surface area (Å²) in [5.74, 6) is 0.605. The van der Waals surface area contributed by atoms with Gasteiger partial charge in [0.25, 0.3) is 5.91 Å². The molecule has 1 unspecified atom stereocenters. The maximum atomic E-state index is 12.7.